The molecular weight excluding hydrogens is 378 g/mol. The number of fused-ring (bicyclic) bond motifs is 1. The van der Waals surface area contributed by atoms with Crippen molar-refractivity contribution in [2.24, 2.45) is 7.05 Å². The first kappa shape index (κ1) is 17.7. The Hall–Kier alpha value is -4.33. The van der Waals surface area contributed by atoms with Gasteiger partial charge in [-0.2, -0.15) is 5.10 Å². The van der Waals surface area contributed by atoms with Gasteiger partial charge in [0.2, 0.25) is 0 Å². The number of hydrogen-bond acceptors (Lipinski definition) is 5. The molecule has 0 aliphatic heterocycles. The number of aryl methyl sites for hydroxylation is 1. The standard InChI is InChI=1S/C22H17N7O/c1-29-13-19(20(28-29)17-5-2-3-9-23-17)27-22(30)18-7-4-6-16(26-18)15-11-14-8-10-24-21(14)25-12-15/h2-13H,1H3,(H,24,25)(H,27,30). The molecule has 146 valence electrons. The zero-order valence-corrected chi connectivity index (χ0v) is 16.1. The topological polar surface area (TPSA) is 101 Å². The molecule has 5 rings (SSSR count). The van der Waals surface area contributed by atoms with E-state index in [1.807, 2.05) is 48.7 Å². The average Bonchev–Trinajstić information content (AvgIpc) is 3.40. The number of aromatic amines is 1. The Morgan fingerprint density at radius 3 is 2.83 bits per heavy atom. The van der Waals surface area contributed by atoms with E-state index in [2.05, 4.69) is 30.4 Å². The molecule has 0 atom stereocenters. The number of aromatic nitrogens is 6. The molecule has 0 unspecified atom stereocenters. The maximum absolute atomic E-state index is 12.9. The maximum Gasteiger partial charge on any atom is 0.274 e. The van der Waals surface area contributed by atoms with Crippen molar-refractivity contribution >= 4 is 22.6 Å². The molecule has 30 heavy (non-hydrogen) atoms. The Morgan fingerprint density at radius 2 is 1.97 bits per heavy atom. The Kier molecular flexibility index (Phi) is 4.29. The largest absolute Gasteiger partial charge is 0.346 e. The minimum Gasteiger partial charge on any atom is -0.346 e. The van der Waals surface area contributed by atoms with E-state index in [9.17, 15) is 4.79 Å². The van der Waals surface area contributed by atoms with Gasteiger partial charge in [0.15, 0.2) is 0 Å². The lowest BCUT2D eigenvalue weighted by Gasteiger charge is -2.07. The summed E-state index contributed by atoms with van der Waals surface area (Å²) in [6.45, 7) is 0. The number of amides is 1. The first-order chi connectivity index (χ1) is 14.7. The van der Waals surface area contributed by atoms with Gasteiger partial charge in [0.25, 0.3) is 5.91 Å². The summed E-state index contributed by atoms with van der Waals surface area (Å²) < 4.78 is 1.64. The van der Waals surface area contributed by atoms with Gasteiger partial charge in [0.05, 0.1) is 17.1 Å². The van der Waals surface area contributed by atoms with E-state index in [1.165, 1.54) is 0 Å². The Labute approximate surface area is 171 Å². The normalized spacial score (nSPS) is 11.0. The summed E-state index contributed by atoms with van der Waals surface area (Å²) in [6, 6.07) is 14.8. The highest BCUT2D eigenvalue weighted by atomic mass is 16.1. The third-order valence-corrected chi connectivity index (χ3v) is 4.66. The molecule has 5 aromatic rings. The van der Waals surface area contributed by atoms with Gasteiger partial charge < -0.3 is 10.3 Å². The molecule has 0 bridgehead atoms. The van der Waals surface area contributed by atoms with Crippen LogP contribution in [0.5, 0.6) is 0 Å². The minimum absolute atomic E-state index is 0.303. The number of nitrogens with one attached hydrogen (secondary N) is 2. The summed E-state index contributed by atoms with van der Waals surface area (Å²) in [6.07, 6.45) is 7.01. The van der Waals surface area contributed by atoms with Crippen LogP contribution in [0.2, 0.25) is 0 Å². The van der Waals surface area contributed by atoms with Gasteiger partial charge in [-0.05, 0) is 36.4 Å². The minimum atomic E-state index is -0.322. The Balaban J connectivity index is 1.45. The lowest BCUT2D eigenvalue weighted by atomic mass is 10.1. The molecule has 8 heteroatoms. The van der Waals surface area contributed by atoms with E-state index >= 15 is 0 Å². The van der Waals surface area contributed by atoms with Gasteiger partial charge in [-0.25, -0.2) is 9.97 Å². The fourth-order valence-corrected chi connectivity index (χ4v) is 3.26. The number of carbonyl (C=O) groups is 1. The van der Waals surface area contributed by atoms with Crippen LogP contribution in [-0.4, -0.2) is 35.6 Å². The van der Waals surface area contributed by atoms with Gasteiger partial charge >= 0.3 is 0 Å². The fraction of sp³-hybridized carbons (Fsp3) is 0.0455. The number of hydrogen-bond donors (Lipinski definition) is 2. The van der Waals surface area contributed by atoms with Crippen molar-refractivity contribution in [3.63, 3.8) is 0 Å². The average molecular weight is 395 g/mol. The SMILES string of the molecule is Cn1cc(NC(=O)c2cccc(-c3cnc4[nH]ccc4c3)n2)c(-c2ccccn2)n1. The van der Waals surface area contributed by atoms with Crippen LogP contribution in [0.25, 0.3) is 33.7 Å². The summed E-state index contributed by atoms with van der Waals surface area (Å²) in [5.74, 6) is -0.322. The Bertz CT molecular complexity index is 1350. The molecule has 0 spiro atoms. The molecule has 1 amide bonds. The van der Waals surface area contributed by atoms with Crippen molar-refractivity contribution in [1.82, 2.24) is 29.7 Å². The fourth-order valence-electron chi connectivity index (χ4n) is 3.26. The molecule has 0 aliphatic rings. The number of pyridine rings is 3. The third kappa shape index (κ3) is 3.30. The molecule has 5 heterocycles. The molecule has 0 saturated heterocycles. The van der Waals surface area contributed by atoms with E-state index in [0.717, 1.165) is 16.6 Å². The molecule has 0 aromatic carbocycles. The smallest absolute Gasteiger partial charge is 0.274 e. The molecular formula is C22H17N7O. The number of rotatable bonds is 4. The number of anilines is 1. The molecule has 0 fully saturated rings. The van der Waals surface area contributed by atoms with E-state index in [-0.39, 0.29) is 5.91 Å². The van der Waals surface area contributed by atoms with Crippen LogP contribution in [0.15, 0.2) is 73.3 Å². The second kappa shape index (κ2) is 7.25. The number of H-pyrrole nitrogens is 1. The summed E-state index contributed by atoms with van der Waals surface area (Å²) in [5.41, 5.74) is 4.49. The third-order valence-electron chi connectivity index (χ3n) is 4.66. The highest BCUT2D eigenvalue weighted by Crippen LogP contribution is 2.25. The predicted molar refractivity (Wildman–Crippen MR) is 114 cm³/mol. The number of carbonyl (C=O) groups excluding carboxylic acids is 1. The van der Waals surface area contributed by atoms with Crippen molar-refractivity contribution in [3.8, 4) is 22.6 Å². The van der Waals surface area contributed by atoms with E-state index < -0.39 is 0 Å². The van der Waals surface area contributed by atoms with Crippen molar-refractivity contribution in [2.75, 3.05) is 5.32 Å². The van der Waals surface area contributed by atoms with Crippen LogP contribution in [0.4, 0.5) is 5.69 Å². The van der Waals surface area contributed by atoms with Crippen LogP contribution >= 0.6 is 0 Å². The predicted octanol–water partition coefficient (Wildman–Crippen LogP) is 3.67. The summed E-state index contributed by atoms with van der Waals surface area (Å²) in [7, 11) is 1.80. The van der Waals surface area contributed by atoms with E-state index in [4.69, 9.17) is 0 Å². The van der Waals surface area contributed by atoms with Crippen LogP contribution in [0.3, 0.4) is 0 Å². The monoisotopic (exact) mass is 395 g/mol. The first-order valence-corrected chi connectivity index (χ1v) is 9.34. The second-order valence-electron chi connectivity index (χ2n) is 6.78. The second-order valence-corrected chi connectivity index (χ2v) is 6.78. The van der Waals surface area contributed by atoms with Gasteiger partial charge in [0.1, 0.15) is 17.0 Å². The molecule has 0 aliphatic carbocycles. The summed E-state index contributed by atoms with van der Waals surface area (Å²) in [4.78, 5) is 29.2. The zero-order valence-electron chi connectivity index (χ0n) is 16.1. The molecule has 5 aromatic heterocycles. The van der Waals surface area contributed by atoms with Crippen molar-refractivity contribution in [3.05, 3.63) is 79.0 Å². The zero-order chi connectivity index (χ0) is 20.5. The van der Waals surface area contributed by atoms with Gasteiger partial charge in [-0.1, -0.05) is 12.1 Å². The van der Waals surface area contributed by atoms with Crippen LogP contribution < -0.4 is 5.32 Å². The Morgan fingerprint density at radius 1 is 1.07 bits per heavy atom. The van der Waals surface area contributed by atoms with Gasteiger partial charge in [-0.15, -0.1) is 0 Å². The van der Waals surface area contributed by atoms with Crippen molar-refractivity contribution < 1.29 is 4.79 Å². The first-order valence-electron chi connectivity index (χ1n) is 9.34. The highest BCUT2D eigenvalue weighted by molar-refractivity contribution is 6.04. The lowest BCUT2D eigenvalue weighted by Crippen LogP contribution is -2.14. The van der Waals surface area contributed by atoms with Gasteiger partial charge in [-0.3, -0.25) is 14.5 Å². The summed E-state index contributed by atoms with van der Waals surface area (Å²) >= 11 is 0. The highest BCUT2D eigenvalue weighted by Gasteiger charge is 2.16. The lowest BCUT2D eigenvalue weighted by molar-refractivity contribution is 0.102. The van der Waals surface area contributed by atoms with Gasteiger partial charge in [0, 0.05) is 42.8 Å². The van der Waals surface area contributed by atoms with Crippen LogP contribution in [0.1, 0.15) is 10.5 Å². The molecule has 0 saturated carbocycles. The van der Waals surface area contributed by atoms with E-state index in [0.29, 0.717) is 28.5 Å². The van der Waals surface area contributed by atoms with Crippen molar-refractivity contribution in [2.45, 2.75) is 0 Å². The van der Waals surface area contributed by atoms with E-state index in [1.54, 1.807) is 36.4 Å². The van der Waals surface area contributed by atoms with Crippen molar-refractivity contribution in [1.29, 1.82) is 0 Å². The van der Waals surface area contributed by atoms with Crippen LogP contribution in [0, 0.1) is 0 Å². The molecule has 2 N–H and O–H groups in total. The molecule has 0 radical (unpaired) electrons. The quantitative estimate of drug-likeness (QED) is 0.483. The molecule has 8 nitrogen and oxygen atoms in total. The maximum atomic E-state index is 12.9. The van der Waals surface area contributed by atoms with Crippen LogP contribution in [-0.2, 0) is 7.05 Å². The number of nitrogens with zero attached hydrogens (tertiary/aromatic N) is 5. The summed E-state index contributed by atoms with van der Waals surface area (Å²) in [5, 5.41) is 8.31.